The summed E-state index contributed by atoms with van der Waals surface area (Å²) in [5, 5.41) is 14.3. The first kappa shape index (κ1) is 16.2. The molecule has 1 aliphatic heterocycles. The smallest absolute Gasteiger partial charge is 0.0620 e. The van der Waals surface area contributed by atoms with Crippen LogP contribution < -0.4 is 5.32 Å². The highest BCUT2D eigenvalue weighted by Crippen LogP contribution is 2.41. The molecule has 0 aromatic rings. The Morgan fingerprint density at radius 2 is 2.00 bits per heavy atom. The van der Waals surface area contributed by atoms with Gasteiger partial charge in [-0.15, -0.1) is 18.8 Å². The molecule has 2 N–H and O–H groups in total. The molecule has 4 atom stereocenters. The van der Waals surface area contributed by atoms with Crippen LogP contribution in [-0.2, 0) is 0 Å². The van der Waals surface area contributed by atoms with E-state index in [4.69, 9.17) is 12.8 Å². The largest absolute Gasteiger partial charge is 0.392 e. The standard InChI is InChI=1S/C19H27NO/c1-3-5-7-10-16-11-8-14-19(20-16)15-9-13-18(21)17(19)12-6-4-2/h1-2,6,12,16-18,20-21H,5,7-11,13-15H2/t16?,17-,18+,19-/m0/s1. The quantitative estimate of drug-likeness (QED) is 0.615. The van der Waals surface area contributed by atoms with E-state index in [1.54, 1.807) is 6.08 Å². The Labute approximate surface area is 129 Å². The topological polar surface area (TPSA) is 32.3 Å². The number of unbranched alkanes of at least 4 members (excludes halogenated alkanes) is 1. The highest BCUT2D eigenvalue weighted by molar-refractivity contribution is 5.17. The van der Waals surface area contributed by atoms with Crippen molar-refractivity contribution in [3.05, 3.63) is 12.2 Å². The molecular weight excluding hydrogens is 258 g/mol. The van der Waals surface area contributed by atoms with E-state index in [0.717, 1.165) is 44.9 Å². The van der Waals surface area contributed by atoms with Gasteiger partial charge in [0.25, 0.3) is 0 Å². The maximum atomic E-state index is 10.4. The summed E-state index contributed by atoms with van der Waals surface area (Å²) in [5.41, 5.74) is 0.0318. The Bertz CT molecular complexity index is 437. The summed E-state index contributed by atoms with van der Waals surface area (Å²) in [5.74, 6) is 5.43. The summed E-state index contributed by atoms with van der Waals surface area (Å²) in [6, 6.07) is 0.527. The molecule has 0 amide bonds. The van der Waals surface area contributed by atoms with E-state index in [9.17, 15) is 5.11 Å². The first-order valence-electron chi connectivity index (χ1n) is 8.24. The average molecular weight is 285 g/mol. The minimum absolute atomic E-state index is 0.0318. The van der Waals surface area contributed by atoms with E-state index in [1.807, 2.05) is 6.08 Å². The molecule has 2 aliphatic rings. The molecule has 1 heterocycles. The summed E-state index contributed by atoms with van der Waals surface area (Å²) < 4.78 is 0. The Hall–Kier alpha value is -1.22. The first-order valence-corrected chi connectivity index (χ1v) is 8.24. The van der Waals surface area contributed by atoms with Crippen molar-refractivity contribution in [1.29, 1.82) is 0 Å². The summed E-state index contributed by atoms with van der Waals surface area (Å²) in [6.45, 7) is 0. The Balaban J connectivity index is 2.07. The van der Waals surface area contributed by atoms with E-state index >= 15 is 0 Å². The maximum absolute atomic E-state index is 10.4. The van der Waals surface area contributed by atoms with E-state index in [2.05, 4.69) is 17.2 Å². The second kappa shape index (κ2) is 7.69. The van der Waals surface area contributed by atoms with Crippen LogP contribution in [0.4, 0.5) is 0 Å². The molecule has 0 aromatic carbocycles. The number of terminal acetylenes is 2. The van der Waals surface area contributed by atoms with Crippen molar-refractivity contribution < 1.29 is 5.11 Å². The van der Waals surface area contributed by atoms with Gasteiger partial charge < -0.3 is 10.4 Å². The molecular formula is C19H27NO. The number of aliphatic hydroxyl groups is 1. The normalized spacial score (nSPS) is 36.4. The van der Waals surface area contributed by atoms with Gasteiger partial charge in [0.2, 0.25) is 0 Å². The molecule has 0 aromatic heterocycles. The third-order valence-electron chi connectivity index (χ3n) is 5.12. The van der Waals surface area contributed by atoms with Crippen LogP contribution in [0.5, 0.6) is 0 Å². The summed E-state index contributed by atoms with van der Waals surface area (Å²) >= 11 is 0. The predicted octanol–water partition coefficient (Wildman–Crippen LogP) is 3.02. The van der Waals surface area contributed by atoms with Gasteiger partial charge in [0.05, 0.1) is 6.10 Å². The molecule has 2 heteroatoms. The van der Waals surface area contributed by atoms with Crippen LogP contribution in [0.15, 0.2) is 12.2 Å². The van der Waals surface area contributed by atoms with E-state index in [1.165, 1.54) is 12.8 Å². The number of nitrogens with one attached hydrogen (secondary N) is 1. The number of aliphatic hydroxyl groups excluding tert-OH is 1. The second-order valence-electron chi connectivity index (χ2n) is 6.50. The van der Waals surface area contributed by atoms with Gasteiger partial charge in [-0.1, -0.05) is 18.4 Å². The van der Waals surface area contributed by atoms with Gasteiger partial charge >= 0.3 is 0 Å². The van der Waals surface area contributed by atoms with Crippen LogP contribution in [0.2, 0.25) is 0 Å². The van der Waals surface area contributed by atoms with Crippen molar-refractivity contribution in [2.75, 3.05) is 0 Å². The highest BCUT2D eigenvalue weighted by Gasteiger charge is 2.45. The molecule has 114 valence electrons. The predicted molar refractivity (Wildman–Crippen MR) is 87.5 cm³/mol. The van der Waals surface area contributed by atoms with Gasteiger partial charge in [-0.3, -0.25) is 0 Å². The number of rotatable bonds is 4. The van der Waals surface area contributed by atoms with Crippen molar-refractivity contribution in [2.45, 2.75) is 75.5 Å². The molecule has 2 rings (SSSR count). The van der Waals surface area contributed by atoms with Gasteiger partial charge in [0.15, 0.2) is 0 Å². The molecule has 21 heavy (non-hydrogen) atoms. The highest BCUT2D eigenvalue weighted by atomic mass is 16.3. The third kappa shape index (κ3) is 3.91. The lowest BCUT2D eigenvalue weighted by Gasteiger charge is -2.51. The van der Waals surface area contributed by atoms with Crippen LogP contribution in [0.1, 0.15) is 57.8 Å². The number of piperidine rings is 1. The van der Waals surface area contributed by atoms with E-state index in [0.29, 0.717) is 6.04 Å². The van der Waals surface area contributed by atoms with Crippen LogP contribution in [-0.4, -0.2) is 22.8 Å². The molecule has 1 saturated carbocycles. The number of allylic oxidation sites excluding steroid dienone is 1. The van der Waals surface area contributed by atoms with Gasteiger partial charge in [-0.2, -0.15) is 0 Å². The lowest BCUT2D eigenvalue weighted by Crippen LogP contribution is -2.61. The van der Waals surface area contributed by atoms with Gasteiger partial charge in [-0.25, -0.2) is 0 Å². The van der Waals surface area contributed by atoms with E-state index < -0.39 is 0 Å². The fourth-order valence-corrected chi connectivity index (χ4v) is 4.15. The number of hydrogen-bond acceptors (Lipinski definition) is 2. The molecule has 0 bridgehead atoms. The van der Waals surface area contributed by atoms with Crippen LogP contribution >= 0.6 is 0 Å². The Morgan fingerprint density at radius 3 is 2.71 bits per heavy atom. The van der Waals surface area contributed by atoms with Crippen LogP contribution in [0.3, 0.4) is 0 Å². The maximum Gasteiger partial charge on any atom is 0.0620 e. The zero-order valence-corrected chi connectivity index (χ0v) is 12.9. The summed E-state index contributed by atoms with van der Waals surface area (Å²) in [7, 11) is 0. The van der Waals surface area contributed by atoms with Gasteiger partial charge in [0, 0.05) is 23.9 Å². The van der Waals surface area contributed by atoms with Crippen molar-refractivity contribution in [1.82, 2.24) is 5.32 Å². The molecule has 1 aliphatic carbocycles. The lowest BCUT2D eigenvalue weighted by atomic mass is 9.66. The lowest BCUT2D eigenvalue weighted by molar-refractivity contribution is 0.00278. The minimum atomic E-state index is -0.277. The molecule has 0 radical (unpaired) electrons. The minimum Gasteiger partial charge on any atom is -0.392 e. The molecule has 1 unspecified atom stereocenters. The van der Waals surface area contributed by atoms with Crippen molar-refractivity contribution in [3.63, 3.8) is 0 Å². The SMILES string of the molecule is C#CC=C[C@H]1[C@H](O)CCC[C@@]12CCCC(CCCC#C)N2. The molecule has 2 nitrogen and oxygen atoms in total. The number of hydrogen-bond donors (Lipinski definition) is 2. The van der Waals surface area contributed by atoms with E-state index in [-0.39, 0.29) is 17.6 Å². The monoisotopic (exact) mass is 285 g/mol. The molecule has 2 fully saturated rings. The van der Waals surface area contributed by atoms with Crippen molar-refractivity contribution >= 4 is 0 Å². The zero-order chi connectivity index (χ0) is 15.1. The first-order chi connectivity index (χ1) is 10.2. The third-order valence-corrected chi connectivity index (χ3v) is 5.12. The Morgan fingerprint density at radius 1 is 1.24 bits per heavy atom. The fourth-order valence-electron chi connectivity index (χ4n) is 4.15. The van der Waals surface area contributed by atoms with Crippen LogP contribution in [0, 0.1) is 30.6 Å². The van der Waals surface area contributed by atoms with Gasteiger partial charge in [-0.05, 0) is 51.0 Å². The zero-order valence-electron chi connectivity index (χ0n) is 12.9. The average Bonchev–Trinajstić information content (AvgIpc) is 2.47. The molecule has 1 spiro atoms. The van der Waals surface area contributed by atoms with Crippen molar-refractivity contribution in [2.24, 2.45) is 5.92 Å². The summed E-state index contributed by atoms with van der Waals surface area (Å²) in [4.78, 5) is 0. The second-order valence-corrected chi connectivity index (χ2v) is 6.50. The van der Waals surface area contributed by atoms with Crippen molar-refractivity contribution in [3.8, 4) is 24.7 Å². The summed E-state index contributed by atoms with van der Waals surface area (Å²) in [6.07, 6.45) is 24.0. The van der Waals surface area contributed by atoms with Gasteiger partial charge in [0.1, 0.15) is 0 Å². The van der Waals surface area contributed by atoms with Crippen LogP contribution in [0.25, 0.3) is 0 Å². The fraction of sp³-hybridized carbons (Fsp3) is 0.684. The molecule has 1 saturated heterocycles. The Kier molecular flexibility index (Phi) is 5.92.